The van der Waals surface area contributed by atoms with Gasteiger partial charge in [-0.15, -0.1) is 0 Å². The van der Waals surface area contributed by atoms with Crippen molar-refractivity contribution in [1.29, 1.82) is 5.26 Å². The Kier molecular flexibility index (Phi) is 6.14. The maximum Gasteiger partial charge on any atom is 0.0621 e. The van der Waals surface area contributed by atoms with E-state index in [4.69, 9.17) is 5.26 Å². The van der Waals surface area contributed by atoms with Gasteiger partial charge in [-0.05, 0) is 37.9 Å². The third-order valence-corrected chi connectivity index (χ3v) is 3.26. The first kappa shape index (κ1) is 13.2. The summed E-state index contributed by atoms with van der Waals surface area (Å²) in [5, 5.41) is 11.9. The lowest BCUT2D eigenvalue weighted by atomic mass is 10.1. The van der Waals surface area contributed by atoms with Gasteiger partial charge in [0.15, 0.2) is 0 Å². The third kappa shape index (κ3) is 4.34. The second-order valence-electron chi connectivity index (χ2n) is 3.81. The molecule has 2 nitrogen and oxygen atoms in total. The van der Waals surface area contributed by atoms with E-state index in [9.17, 15) is 0 Å². The van der Waals surface area contributed by atoms with Crippen LogP contribution in [-0.4, -0.2) is 6.54 Å². The molecule has 0 aliphatic rings. The highest BCUT2D eigenvalue weighted by Gasteiger charge is 2.06. The fourth-order valence-electron chi connectivity index (χ4n) is 1.58. The van der Waals surface area contributed by atoms with Gasteiger partial charge in [0.2, 0.25) is 0 Å². The van der Waals surface area contributed by atoms with E-state index >= 15 is 0 Å². The van der Waals surface area contributed by atoms with Gasteiger partial charge in [0.1, 0.15) is 0 Å². The van der Waals surface area contributed by atoms with Gasteiger partial charge < -0.3 is 5.32 Å². The molecule has 0 saturated carbocycles. The molecule has 0 aromatic heterocycles. The summed E-state index contributed by atoms with van der Waals surface area (Å²) in [6, 6.07) is 10.8. The van der Waals surface area contributed by atoms with Crippen molar-refractivity contribution < 1.29 is 0 Å². The molecule has 0 radical (unpaired) electrons. The first-order valence-electron chi connectivity index (χ1n) is 5.60. The number of benzene rings is 1. The summed E-state index contributed by atoms with van der Waals surface area (Å²) in [5.41, 5.74) is 1.28. The van der Waals surface area contributed by atoms with Gasteiger partial charge in [0.05, 0.1) is 6.07 Å². The Labute approximate surface area is 106 Å². The largest absolute Gasteiger partial charge is 0.310 e. The molecule has 1 rings (SSSR count). The minimum Gasteiger partial charge on any atom is -0.310 e. The fourth-order valence-corrected chi connectivity index (χ4v) is 2.21. The Hall–Kier alpha value is -0.850. The van der Waals surface area contributed by atoms with E-state index in [1.165, 1.54) is 5.56 Å². The molecule has 0 amide bonds. The third-order valence-electron chi connectivity index (χ3n) is 2.54. The molecule has 0 aliphatic carbocycles. The van der Waals surface area contributed by atoms with E-state index in [0.717, 1.165) is 23.9 Å². The van der Waals surface area contributed by atoms with Crippen LogP contribution in [0.15, 0.2) is 28.7 Å². The lowest BCUT2D eigenvalue weighted by Gasteiger charge is -2.15. The van der Waals surface area contributed by atoms with Crippen molar-refractivity contribution in [3.05, 3.63) is 34.3 Å². The molecule has 3 heteroatoms. The zero-order valence-corrected chi connectivity index (χ0v) is 11.1. The predicted molar refractivity (Wildman–Crippen MR) is 70.0 cm³/mol. The summed E-state index contributed by atoms with van der Waals surface area (Å²) in [6.07, 6.45) is 2.69. The van der Waals surface area contributed by atoms with Crippen LogP contribution in [0.1, 0.15) is 37.8 Å². The predicted octanol–water partition coefficient (Wildman–Crippen LogP) is 3.79. The number of halogens is 1. The lowest BCUT2D eigenvalue weighted by Crippen LogP contribution is -2.20. The maximum absolute atomic E-state index is 8.41. The SMILES string of the molecule is C[C@H](NCCCCC#N)c1ccccc1Br. The van der Waals surface area contributed by atoms with Crippen molar-refractivity contribution in [2.45, 2.75) is 32.2 Å². The molecule has 1 N–H and O–H groups in total. The normalized spacial score (nSPS) is 12.1. The molecule has 0 spiro atoms. The zero-order valence-electron chi connectivity index (χ0n) is 9.54. The Morgan fingerprint density at radius 3 is 2.81 bits per heavy atom. The molecule has 1 aromatic carbocycles. The summed E-state index contributed by atoms with van der Waals surface area (Å²) in [4.78, 5) is 0. The number of nitrogens with one attached hydrogen (secondary N) is 1. The van der Waals surface area contributed by atoms with E-state index in [2.05, 4.69) is 46.4 Å². The van der Waals surface area contributed by atoms with E-state index in [-0.39, 0.29) is 0 Å². The van der Waals surface area contributed by atoms with E-state index < -0.39 is 0 Å². The molecule has 0 unspecified atom stereocenters. The minimum atomic E-state index is 0.345. The first-order valence-corrected chi connectivity index (χ1v) is 6.39. The summed E-state index contributed by atoms with van der Waals surface area (Å²) >= 11 is 3.55. The van der Waals surface area contributed by atoms with Crippen LogP contribution in [0.4, 0.5) is 0 Å². The standard InChI is InChI=1S/C13H17BrN2/c1-11(16-10-6-2-5-9-15)12-7-3-4-8-13(12)14/h3-4,7-8,11,16H,2,5-6,10H2,1H3/t11-/m0/s1. The van der Waals surface area contributed by atoms with E-state index in [0.29, 0.717) is 12.5 Å². The average molecular weight is 281 g/mol. The number of nitriles is 1. The zero-order chi connectivity index (χ0) is 11.8. The van der Waals surface area contributed by atoms with Crippen molar-refractivity contribution in [2.75, 3.05) is 6.54 Å². The molecule has 0 bridgehead atoms. The molecular weight excluding hydrogens is 264 g/mol. The van der Waals surface area contributed by atoms with Crippen LogP contribution in [0.5, 0.6) is 0 Å². The molecule has 0 saturated heterocycles. The second-order valence-corrected chi connectivity index (χ2v) is 4.67. The van der Waals surface area contributed by atoms with Crippen LogP contribution in [0, 0.1) is 11.3 Å². The van der Waals surface area contributed by atoms with Crippen molar-refractivity contribution in [3.8, 4) is 6.07 Å². The van der Waals surface area contributed by atoms with Crippen LogP contribution in [-0.2, 0) is 0 Å². The highest BCUT2D eigenvalue weighted by atomic mass is 79.9. The highest BCUT2D eigenvalue weighted by molar-refractivity contribution is 9.10. The van der Waals surface area contributed by atoms with Crippen molar-refractivity contribution in [3.63, 3.8) is 0 Å². The van der Waals surface area contributed by atoms with Gasteiger partial charge in [-0.25, -0.2) is 0 Å². The molecule has 0 fully saturated rings. The molecular formula is C13H17BrN2. The van der Waals surface area contributed by atoms with Crippen molar-refractivity contribution in [1.82, 2.24) is 5.32 Å². The maximum atomic E-state index is 8.41. The van der Waals surface area contributed by atoms with Crippen LogP contribution in [0.2, 0.25) is 0 Å². The summed E-state index contributed by atoms with van der Waals surface area (Å²) < 4.78 is 1.15. The van der Waals surface area contributed by atoms with Crippen LogP contribution in [0.3, 0.4) is 0 Å². The van der Waals surface area contributed by atoms with Crippen molar-refractivity contribution in [2.24, 2.45) is 0 Å². The van der Waals surface area contributed by atoms with Gasteiger partial charge in [-0.2, -0.15) is 5.26 Å². The van der Waals surface area contributed by atoms with Crippen LogP contribution < -0.4 is 5.32 Å². The van der Waals surface area contributed by atoms with E-state index in [1.807, 2.05) is 12.1 Å². The Morgan fingerprint density at radius 1 is 1.38 bits per heavy atom. The van der Waals surface area contributed by atoms with Crippen LogP contribution >= 0.6 is 15.9 Å². The Bertz CT molecular complexity index is 357. The number of hydrogen-bond donors (Lipinski definition) is 1. The molecule has 1 atom stereocenters. The molecule has 1 aromatic rings. The average Bonchev–Trinajstić information content (AvgIpc) is 2.29. The molecule has 16 heavy (non-hydrogen) atoms. The van der Waals surface area contributed by atoms with Gasteiger partial charge in [0.25, 0.3) is 0 Å². The van der Waals surface area contributed by atoms with Gasteiger partial charge in [-0.3, -0.25) is 0 Å². The van der Waals surface area contributed by atoms with Gasteiger partial charge >= 0.3 is 0 Å². The first-order chi connectivity index (χ1) is 7.75. The molecule has 0 heterocycles. The lowest BCUT2D eigenvalue weighted by molar-refractivity contribution is 0.547. The fraction of sp³-hybridized carbons (Fsp3) is 0.462. The number of nitrogens with zero attached hydrogens (tertiary/aromatic N) is 1. The van der Waals surface area contributed by atoms with Crippen molar-refractivity contribution >= 4 is 15.9 Å². The molecule has 0 aliphatic heterocycles. The Balaban J connectivity index is 2.33. The number of unbranched alkanes of at least 4 members (excludes halogenated alkanes) is 2. The van der Waals surface area contributed by atoms with Crippen LogP contribution in [0.25, 0.3) is 0 Å². The monoisotopic (exact) mass is 280 g/mol. The summed E-state index contributed by atoms with van der Waals surface area (Å²) in [6.45, 7) is 3.12. The summed E-state index contributed by atoms with van der Waals surface area (Å²) in [5.74, 6) is 0. The smallest absolute Gasteiger partial charge is 0.0621 e. The molecule has 86 valence electrons. The van der Waals surface area contributed by atoms with Gasteiger partial charge in [0, 0.05) is 16.9 Å². The number of hydrogen-bond acceptors (Lipinski definition) is 2. The summed E-state index contributed by atoms with van der Waals surface area (Å²) in [7, 11) is 0. The van der Waals surface area contributed by atoms with E-state index in [1.54, 1.807) is 0 Å². The highest BCUT2D eigenvalue weighted by Crippen LogP contribution is 2.22. The Morgan fingerprint density at radius 2 is 2.12 bits per heavy atom. The second kappa shape index (κ2) is 7.43. The number of rotatable bonds is 6. The van der Waals surface area contributed by atoms with Gasteiger partial charge in [-0.1, -0.05) is 34.1 Å². The quantitative estimate of drug-likeness (QED) is 0.805. The topological polar surface area (TPSA) is 35.8 Å². The minimum absolute atomic E-state index is 0.345.